The van der Waals surface area contributed by atoms with Crippen molar-refractivity contribution in [2.24, 2.45) is 0 Å². The van der Waals surface area contributed by atoms with Gasteiger partial charge in [0.1, 0.15) is 0 Å². The lowest BCUT2D eigenvalue weighted by molar-refractivity contribution is 0.109. The average molecular weight is 249 g/mol. The van der Waals surface area contributed by atoms with E-state index in [1.54, 1.807) is 18.2 Å². The topological polar surface area (TPSA) is 17.1 Å². The minimum absolute atomic E-state index is 0.231. The van der Waals surface area contributed by atoms with Gasteiger partial charge in [-0.15, -0.1) is 12.6 Å². The van der Waals surface area contributed by atoms with E-state index in [0.717, 1.165) is 11.1 Å². The summed E-state index contributed by atoms with van der Waals surface area (Å²) in [5, 5.41) is 0.448. The largest absolute Gasteiger partial charge is 0.282 e. The SMILES string of the molecule is O=C(S)c1ccccc1-c1ccc(Cl)cc1. The summed E-state index contributed by atoms with van der Waals surface area (Å²) < 4.78 is 0. The molecule has 2 aromatic rings. The van der Waals surface area contributed by atoms with Gasteiger partial charge in [0.05, 0.1) is 0 Å². The van der Waals surface area contributed by atoms with Crippen molar-refractivity contribution >= 4 is 29.3 Å². The third-order valence-electron chi connectivity index (χ3n) is 2.31. The van der Waals surface area contributed by atoms with Crippen LogP contribution in [0.15, 0.2) is 48.5 Å². The summed E-state index contributed by atoms with van der Waals surface area (Å²) in [5.74, 6) is 0. The highest BCUT2D eigenvalue weighted by atomic mass is 35.5. The molecular formula is C13H9ClOS. The van der Waals surface area contributed by atoms with Gasteiger partial charge in [0.25, 0.3) is 0 Å². The van der Waals surface area contributed by atoms with Crippen molar-refractivity contribution in [2.75, 3.05) is 0 Å². The van der Waals surface area contributed by atoms with E-state index < -0.39 is 0 Å². The Morgan fingerprint density at radius 2 is 1.62 bits per heavy atom. The third-order valence-corrected chi connectivity index (χ3v) is 2.81. The van der Waals surface area contributed by atoms with Crippen molar-refractivity contribution in [3.05, 3.63) is 59.1 Å². The molecule has 0 heterocycles. The summed E-state index contributed by atoms with van der Waals surface area (Å²) in [6, 6.07) is 14.8. The third kappa shape index (κ3) is 2.29. The van der Waals surface area contributed by atoms with E-state index in [1.807, 2.05) is 30.3 Å². The molecule has 1 nitrogen and oxygen atoms in total. The van der Waals surface area contributed by atoms with E-state index in [9.17, 15) is 4.79 Å². The fourth-order valence-corrected chi connectivity index (χ4v) is 1.87. The maximum absolute atomic E-state index is 11.3. The molecular weight excluding hydrogens is 240 g/mol. The molecule has 2 aromatic carbocycles. The lowest BCUT2D eigenvalue weighted by Crippen LogP contribution is -1.92. The van der Waals surface area contributed by atoms with Gasteiger partial charge in [-0.2, -0.15) is 0 Å². The second kappa shape index (κ2) is 4.73. The number of hydrogen-bond acceptors (Lipinski definition) is 1. The number of rotatable bonds is 2. The quantitative estimate of drug-likeness (QED) is 0.793. The number of thiol groups is 1. The van der Waals surface area contributed by atoms with Crippen LogP contribution in [-0.4, -0.2) is 5.12 Å². The molecule has 0 saturated heterocycles. The monoisotopic (exact) mass is 248 g/mol. The van der Waals surface area contributed by atoms with E-state index in [0.29, 0.717) is 10.6 Å². The standard InChI is InChI=1S/C13H9ClOS/c14-10-7-5-9(6-8-10)11-3-1-2-4-12(11)13(15)16/h1-8H,(H,15,16). The highest BCUT2D eigenvalue weighted by Gasteiger charge is 2.08. The zero-order valence-corrected chi connectivity index (χ0v) is 10.0. The van der Waals surface area contributed by atoms with E-state index in [2.05, 4.69) is 12.6 Å². The molecule has 0 atom stereocenters. The number of benzene rings is 2. The van der Waals surface area contributed by atoms with Crippen LogP contribution in [0.1, 0.15) is 10.4 Å². The molecule has 3 heteroatoms. The van der Waals surface area contributed by atoms with Crippen molar-refractivity contribution in [2.45, 2.75) is 0 Å². The van der Waals surface area contributed by atoms with Gasteiger partial charge in [-0.25, -0.2) is 0 Å². The Labute approximate surface area is 104 Å². The Balaban J connectivity index is 2.55. The van der Waals surface area contributed by atoms with Crippen LogP contribution < -0.4 is 0 Å². The smallest absolute Gasteiger partial charge is 0.216 e. The van der Waals surface area contributed by atoms with Crippen LogP contribution in [0.4, 0.5) is 0 Å². The molecule has 0 fully saturated rings. The lowest BCUT2D eigenvalue weighted by atomic mass is 10.0. The summed E-state index contributed by atoms with van der Waals surface area (Å²) in [6.45, 7) is 0. The second-order valence-corrected chi connectivity index (χ2v) is 4.20. The number of carbonyl (C=O) groups is 1. The highest BCUT2D eigenvalue weighted by Crippen LogP contribution is 2.25. The fraction of sp³-hybridized carbons (Fsp3) is 0. The first kappa shape index (κ1) is 11.2. The minimum atomic E-state index is -0.231. The molecule has 0 amide bonds. The van der Waals surface area contributed by atoms with Crippen molar-refractivity contribution in [3.63, 3.8) is 0 Å². The van der Waals surface area contributed by atoms with Crippen molar-refractivity contribution in [3.8, 4) is 11.1 Å². The Bertz CT molecular complexity index is 520. The maximum Gasteiger partial charge on any atom is 0.216 e. The molecule has 0 saturated carbocycles. The van der Waals surface area contributed by atoms with Gasteiger partial charge in [0, 0.05) is 10.6 Å². The van der Waals surface area contributed by atoms with Crippen LogP contribution in [0.3, 0.4) is 0 Å². The normalized spacial score (nSPS) is 10.1. The van der Waals surface area contributed by atoms with Crippen LogP contribution in [0.5, 0.6) is 0 Å². The van der Waals surface area contributed by atoms with Crippen LogP contribution in [0, 0.1) is 0 Å². The van der Waals surface area contributed by atoms with Crippen LogP contribution >= 0.6 is 24.2 Å². The molecule has 16 heavy (non-hydrogen) atoms. The minimum Gasteiger partial charge on any atom is -0.282 e. The molecule has 0 aliphatic rings. The molecule has 2 rings (SSSR count). The molecule has 0 bridgehead atoms. The number of halogens is 1. The van der Waals surface area contributed by atoms with Gasteiger partial charge < -0.3 is 0 Å². The summed E-state index contributed by atoms with van der Waals surface area (Å²) in [7, 11) is 0. The van der Waals surface area contributed by atoms with E-state index in [1.165, 1.54) is 0 Å². The zero-order chi connectivity index (χ0) is 11.5. The Hall–Kier alpha value is -1.25. The van der Waals surface area contributed by atoms with Gasteiger partial charge in [-0.05, 0) is 29.3 Å². The van der Waals surface area contributed by atoms with E-state index in [4.69, 9.17) is 11.6 Å². The fourth-order valence-electron chi connectivity index (χ4n) is 1.55. The zero-order valence-electron chi connectivity index (χ0n) is 8.35. The summed E-state index contributed by atoms with van der Waals surface area (Å²) in [6.07, 6.45) is 0. The van der Waals surface area contributed by atoms with Crippen molar-refractivity contribution in [1.82, 2.24) is 0 Å². The number of carbonyl (C=O) groups excluding carboxylic acids is 1. The molecule has 0 aromatic heterocycles. The van der Waals surface area contributed by atoms with Gasteiger partial charge in [0.15, 0.2) is 0 Å². The predicted octanol–water partition coefficient (Wildman–Crippen LogP) is 4.08. The van der Waals surface area contributed by atoms with Crippen LogP contribution in [0.25, 0.3) is 11.1 Å². The Morgan fingerprint density at radius 3 is 2.25 bits per heavy atom. The Morgan fingerprint density at radius 1 is 1.00 bits per heavy atom. The first-order valence-corrected chi connectivity index (χ1v) is 5.59. The molecule has 0 aliphatic heterocycles. The first-order chi connectivity index (χ1) is 7.68. The van der Waals surface area contributed by atoms with E-state index in [-0.39, 0.29) is 5.12 Å². The maximum atomic E-state index is 11.3. The molecule has 0 radical (unpaired) electrons. The summed E-state index contributed by atoms with van der Waals surface area (Å²) >= 11 is 9.68. The van der Waals surface area contributed by atoms with Gasteiger partial charge in [-0.3, -0.25) is 4.79 Å². The van der Waals surface area contributed by atoms with Crippen molar-refractivity contribution < 1.29 is 4.79 Å². The first-order valence-electron chi connectivity index (χ1n) is 4.77. The Kier molecular flexibility index (Phi) is 3.32. The highest BCUT2D eigenvalue weighted by molar-refractivity contribution is 7.97. The molecule has 0 spiro atoms. The van der Waals surface area contributed by atoms with Crippen LogP contribution in [0.2, 0.25) is 5.02 Å². The molecule has 80 valence electrons. The number of hydrogen-bond donors (Lipinski definition) is 1. The van der Waals surface area contributed by atoms with Gasteiger partial charge in [0.2, 0.25) is 5.12 Å². The van der Waals surface area contributed by atoms with Crippen molar-refractivity contribution in [1.29, 1.82) is 0 Å². The molecule has 0 unspecified atom stereocenters. The molecule has 0 aliphatic carbocycles. The van der Waals surface area contributed by atoms with Gasteiger partial charge in [-0.1, -0.05) is 41.9 Å². The van der Waals surface area contributed by atoms with Gasteiger partial charge >= 0.3 is 0 Å². The van der Waals surface area contributed by atoms with Crippen LogP contribution in [-0.2, 0) is 0 Å². The predicted molar refractivity (Wildman–Crippen MR) is 70.2 cm³/mol. The summed E-state index contributed by atoms with van der Waals surface area (Å²) in [5.41, 5.74) is 2.44. The van der Waals surface area contributed by atoms with E-state index >= 15 is 0 Å². The molecule has 0 N–H and O–H groups in total. The summed E-state index contributed by atoms with van der Waals surface area (Å²) in [4.78, 5) is 11.3. The second-order valence-electron chi connectivity index (χ2n) is 3.36. The average Bonchev–Trinajstić information content (AvgIpc) is 2.30. The lowest BCUT2D eigenvalue weighted by Gasteiger charge is -2.06.